The number of benzene rings is 1. The molecule has 0 aliphatic carbocycles. The van der Waals surface area contributed by atoms with Crippen molar-refractivity contribution in [3.05, 3.63) is 29.3 Å². The summed E-state index contributed by atoms with van der Waals surface area (Å²) in [6, 6.07) is 7.33. The first-order valence-electron chi connectivity index (χ1n) is 5.32. The zero-order valence-electron chi connectivity index (χ0n) is 9.53. The van der Waals surface area contributed by atoms with E-state index in [9.17, 15) is 4.79 Å². The molecule has 1 N–H and O–H groups in total. The average molecular weight is 256 g/mol. The summed E-state index contributed by atoms with van der Waals surface area (Å²) in [6.45, 7) is 1.31. The summed E-state index contributed by atoms with van der Waals surface area (Å²) < 4.78 is 9.89. The molecule has 0 amide bonds. The molecule has 1 saturated heterocycles. The molecule has 0 bridgehead atoms. The monoisotopic (exact) mass is 255 g/mol. The second-order valence-corrected chi connectivity index (χ2v) is 4.56. The van der Waals surface area contributed by atoms with Crippen molar-refractivity contribution in [2.45, 2.75) is 0 Å². The smallest absolute Gasteiger partial charge is 0.318 e. The molecular formula is C12H14ClNO3. The molecular weight excluding hydrogens is 242 g/mol. The Morgan fingerprint density at radius 3 is 2.59 bits per heavy atom. The molecule has 0 atom stereocenters. The Morgan fingerprint density at radius 1 is 1.47 bits per heavy atom. The van der Waals surface area contributed by atoms with Gasteiger partial charge in [-0.1, -0.05) is 11.6 Å². The maximum atomic E-state index is 11.6. The van der Waals surface area contributed by atoms with Crippen LogP contribution >= 0.6 is 11.6 Å². The average Bonchev–Trinajstić information content (AvgIpc) is 2.29. The molecule has 4 nitrogen and oxygen atoms in total. The van der Waals surface area contributed by atoms with Crippen LogP contribution in [0.3, 0.4) is 0 Å². The van der Waals surface area contributed by atoms with Crippen molar-refractivity contribution in [2.24, 2.45) is 5.41 Å². The number of methoxy groups -OCH3 is 1. The highest BCUT2D eigenvalue weighted by Gasteiger charge is 2.47. The maximum absolute atomic E-state index is 11.6. The topological polar surface area (TPSA) is 47.6 Å². The Morgan fingerprint density at radius 2 is 2.12 bits per heavy atom. The highest BCUT2D eigenvalue weighted by Crippen LogP contribution is 2.29. The SMILES string of the molecule is COC(=O)C1(CNc2ccc(Cl)cc2)COC1. The molecule has 1 aliphatic rings. The number of halogens is 1. The Bertz CT molecular complexity index is 401. The summed E-state index contributed by atoms with van der Waals surface area (Å²) in [4.78, 5) is 11.6. The Labute approximate surface area is 105 Å². The van der Waals surface area contributed by atoms with Gasteiger partial charge >= 0.3 is 5.97 Å². The molecule has 0 unspecified atom stereocenters. The molecule has 1 heterocycles. The first kappa shape index (κ1) is 12.2. The number of carbonyl (C=O) groups excluding carboxylic acids is 1. The highest BCUT2D eigenvalue weighted by atomic mass is 35.5. The predicted molar refractivity (Wildman–Crippen MR) is 65.2 cm³/mol. The van der Waals surface area contributed by atoms with Gasteiger partial charge in [0.2, 0.25) is 0 Å². The number of carbonyl (C=O) groups is 1. The lowest BCUT2D eigenvalue weighted by Crippen LogP contribution is -2.54. The Kier molecular flexibility index (Phi) is 3.54. The summed E-state index contributed by atoms with van der Waals surface area (Å²) >= 11 is 5.79. The largest absolute Gasteiger partial charge is 0.468 e. The van der Waals surface area contributed by atoms with Gasteiger partial charge < -0.3 is 14.8 Å². The molecule has 92 valence electrons. The van der Waals surface area contributed by atoms with Crippen LogP contribution in [0.1, 0.15) is 0 Å². The van der Waals surface area contributed by atoms with E-state index in [0.717, 1.165) is 5.69 Å². The van der Waals surface area contributed by atoms with Gasteiger partial charge in [-0.2, -0.15) is 0 Å². The number of ether oxygens (including phenoxy) is 2. The molecule has 0 saturated carbocycles. The molecule has 0 spiro atoms. The minimum absolute atomic E-state index is 0.231. The summed E-state index contributed by atoms with van der Waals surface area (Å²) in [6.07, 6.45) is 0. The molecule has 5 heteroatoms. The number of hydrogen-bond acceptors (Lipinski definition) is 4. The summed E-state index contributed by atoms with van der Waals surface area (Å²) in [5.74, 6) is -0.231. The highest BCUT2D eigenvalue weighted by molar-refractivity contribution is 6.30. The van der Waals surface area contributed by atoms with Crippen LogP contribution in [0.25, 0.3) is 0 Å². The minimum Gasteiger partial charge on any atom is -0.468 e. The fourth-order valence-electron chi connectivity index (χ4n) is 1.70. The molecule has 1 fully saturated rings. The van der Waals surface area contributed by atoms with Crippen molar-refractivity contribution < 1.29 is 14.3 Å². The van der Waals surface area contributed by atoms with E-state index in [2.05, 4.69) is 5.32 Å². The van der Waals surface area contributed by atoms with Crippen molar-refractivity contribution in [2.75, 3.05) is 32.2 Å². The van der Waals surface area contributed by atoms with Gasteiger partial charge in [-0.3, -0.25) is 4.79 Å². The second-order valence-electron chi connectivity index (χ2n) is 4.13. The van der Waals surface area contributed by atoms with Crippen LogP contribution < -0.4 is 5.32 Å². The lowest BCUT2D eigenvalue weighted by Gasteiger charge is -2.38. The van der Waals surface area contributed by atoms with E-state index < -0.39 is 5.41 Å². The van der Waals surface area contributed by atoms with Gasteiger partial charge in [-0.15, -0.1) is 0 Å². The number of nitrogens with one attached hydrogen (secondary N) is 1. The van der Waals surface area contributed by atoms with Crippen molar-refractivity contribution in [1.29, 1.82) is 0 Å². The summed E-state index contributed by atoms with van der Waals surface area (Å²) in [5, 5.41) is 3.88. The zero-order valence-corrected chi connectivity index (χ0v) is 10.3. The Balaban J connectivity index is 1.96. The summed E-state index contributed by atoms with van der Waals surface area (Å²) in [5.41, 5.74) is 0.374. The van der Waals surface area contributed by atoms with Crippen LogP contribution in [0.5, 0.6) is 0 Å². The van der Waals surface area contributed by atoms with Gasteiger partial charge in [0.15, 0.2) is 0 Å². The van der Waals surface area contributed by atoms with Crippen molar-refractivity contribution in [3.8, 4) is 0 Å². The summed E-state index contributed by atoms with van der Waals surface area (Å²) in [7, 11) is 1.39. The molecule has 0 radical (unpaired) electrons. The van der Waals surface area contributed by atoms with Crippen molar-refractivity contribution >= 4 is 23.3 Å². The number of rotatable bonds is 4. The van der Waals surface area contributed by atoms with Gasteiger partial charge in [0, 0.05) is 17.3 Å². The third kappa shape index (κ3) is 2.53. The van der Waals surface area contributed by atoms with Gasteiger partial charge in [-0.25, -0.2) is 0 Å². The van der Waals surface area contributed by atoms with Gasteiger partial charge in [-0.05, 0) is 24.3 Å². The quantitative estimate of drug-likeness (QED) is 0.836. The zero-order chi connectivity index (χ0) is 12.3. The van der Waals surface area contributed by atoms with Crippen molar-refractivity contribution in [3.63, 3.8) is 0 Å². The molecule has 1 aromatic carbocycles. The maximum Gasteiger partial charge on any atom is 0.318 e. The first-order valence-corrected chi connectivity index (χ1v) is 5.70. The minimum atomic E-state index is -0.547. The lowest BCUT2D eigenvalue weighted by atomic mass is 9.86. The van der Waals surface area contributed by atoms with Crippen LogP contribution in [-0.2, 0) is 14.3 Å². The van der Waals surface area contributed by atoms with E-state index >= 15 is 0 Å². The molecule has 17 heavy (non-hydrogen) atoms. The van der Waals surface area contributed by atoms with E-state index in [-0.39, 0.29) is 5.97 Å². The van der Waals surface area contributed by atoms with Crippen LogP contribution in [0.2, 0.25) is 5.02 Å². The van der Waals surface area contributed by atoms with E-state index in [1.807, 2.05) is 12.1 Å². The van der Waals surface area contributed by atoms with Crippen LogP contribution in [0.4, 0.5) is 5.69 Å². The first-order chi connectivity index (χ1) is 8.16. The second kappa shape index (κ2) is 4.94. The molecule has 0 aromatic heterocycles. The van der Waals surface area contributed by atoms with Crippen LogP contribution in [0, 0.1) is 5.41 Å². The van der Waals surface area contributed by atoms with Gasteiger partial charge in [0.25, 0.3) is 0 Å². The molecule has 1 aliphatic heterocycles. The van der Waals surface area contributed by atoms with Gasteiger partial charge in [0.1, 0.15) is 5.41 Å². The van der Waals surface area contributed by atoms with E-state index in [4.69, 9.17) is 21.1 Å². The van der Waals surface area contributed by atoms with Crippen molar-refractivity contribution in [1.82, 2.24) is 0 Å². The third-order valence-corrected chi connectivity index (χ3v) is 3.10. The molecule has 2 rings (SSSR count). The lowest BCUT2D eigenvalue weighted by molar-refractivity contribution is -0.180. The fourth-order valence-corrected chi connectivity index (χ4v) is 1.82. The molecule has 1 aromatic rings. The van der Waals surface area contributed by atoms with E-state index in [1.54, 1.807) is 12.1 Å². The number of hydrogen-bond donors (Lipinski definition) is 1. The van der Waals surface area contributed by atoms with Crippen LogP contribution in [-0.4, -0.2) is 32.8 Å². The normalized spacial score (nSPS) is 17.1. The fraction of sp³-hybridized carbons (Fsp3) is 0.417. The number of esters is 1. The van der Waals surface area contributed by atoms with Gasteiger partial charge in [0.05, 0.1) is 20.3 Å². The Hall–Kier alpha value is -1.26. The van der Waals surface area contributed by atoms with E-state index in [1.165, 1.54) is 7.11 Å². The predicted octanol–water partition coefficient (Wildman–Crippen LogP) is 1.94. The van der Waals surface area contributed by atoms with E-state index in [0.29, 0.717) is 24.8 Å². The van der Waals surface area contributed by atoms with Crippen LogP contribution in [0.15, 0.2) is 24.3 Å². The third-order valence-electron chi connectivity index (χ3n) is 2.85. The number of anilines is 1. The standard InChI is InChI=1S/C12H14ClNO3/c1-16-11(15)12(7-17-8-12)6-14-10-4-2-9(13)3-5-10/h2-5,14H,6-8H2,1H3.